The second-order valence-electron chi connectivity index (χ2n) is 5.67. The van der Waals surface area contributed by atoms with Gasteiger partial charge in [0.15, 0.2) is 5.82 Å². The van der Waals surface area contributed by atoms with E-state index < -0.39 is 5.24 Å². The first kappa shape index (κ1) is 16.0. The Bertz CT molecular complexity index is 981. The van der Waals surface area contributed by atoms with Gasteiger partial charge in [0.1, 0.15) is 6.17 Å². The largest absolute Gasteiger partial charge is 0.299 e. The normalized spacial score (nSPS) is 18.2. The molecule has 0 spiro atoms. The lowest BCUT2D eigenvalue weighted by Crippen LogP contribution is -2.26. The number of fused-ring (bicyclic) bond motifs is 3. The maximum Gasteiger partial charge on any atom is 0.252 e. The highest BCUT2D eigenvalue weighted by atomic mass is 35.5. The lowest BCUT2D eigenvalue weighted by molar-refractivity contribution is 0.108. The molecule has 0 N–H and O–H groups in total. The number of benzene rings is 2. The SMILES string of the molecule is CC1N=NC2=CN=C(c3ccccc3Cl)c3cc(C(=O)Cl)ccc3N21. The van der Waals surface area contributed by atoms with Gasteiger partial charge >= 0.3 is 0 Å². The number of nitrogens with zero attached hydrogens (tertiary/aromatic N) is 4. The number of halogens is 2. The number of azo groups is 1. The molecule has 2 aliphatic heterocycles. The Hall–Kier alpha value is -2.50. The van der Waals surface area contributed by atoms with Crippen LogP contribution in [0.1, 0.15) is 28.4 Å². The van der Waals surface area contributed by atoms with E-state index in [1.807, 2.05) is 36.1 Å². The van der Waals surface area contributed by atoms with Crippen LogP contribution in [-0.4, -0.2) is 17.1 Å². The Labute approximate surface area is 154 Å². The quantitative estimate of drug-likeness (QED) is 0.699. The van der Waals surface area contributed by atoms with Crippen molar-refractivity contribution in [3.63, 3.8) is 0 Å². The zero-order valence-electron chi connectivity index (χ0n) is 13.1. The zero-order chi connectivity index (χ0) is 17.6. The molecule has 124 valence electrons. The third kappa shape index (κ3) is 2.65. The summed E-state index contributed by atoms with van der Waals surface area (Å²) in [4.78, 5) is 18.2. The van der Waals surface area contributed by atoms with Gasteiger partial charge in [-0.1, -0.05) is 29.8 Å². The van der Waals surface area contributed by atoms with Crippen LogP contribution in [0.25, 0.3) is 0 Å². The van der Waals surface area contributed by atoms with E-state index in [1.54, 1.807) is 24.4 Å². The van der Waals surface area contributed by atoms with Crippen molar-refractivity contribution in [3.8, 4) is 0 Å². The van der Waals surface area contributed by atoms with Crippen LogP contribution in [0.4, 0.5) is 5.69 Å². The van der Waals surface area contributed by atoms with Gasteiger partial charge in [0, 0.05) is 21.7 Å². The Morgan fingerprint density at radius 2 is 1.96 bits per heavy atom. The smallest absolute Gasteiger partial charge is 0.252 e. The van der Waals surface area contributed by atoms with Gasteiger partial charge in [0.2, 0.25) is 0 Å². The molecule has 0 radical (unpaired) electrons. The van der Waals surface area contributed by atoms with Crippen LogP contribution < -0.4 is 4.90 Å². The molecule has 0 saturated carbocycles. The van der Waals surface area contributed by atoms with Gasteiger partial charge < -0.3 is 0 Å². The third-order valence-electron chi connectivity index (χ3n) is 4.12. The van der Waals surface area contributed by atoms with Gasteiger partial charge in [0.25, 0.3) is 5.24 Å². The highest BCUT2D eigenvalue weighted by Gasteiger charge is 2.30. The number of aliphatic imine (C=N–C) groups is 1. The summed E-state index contributed by atoms with van der Waals surface area (Å²) < 4.78 is 0. The first-order valence-electron chi connectivity index (χ1n) is 7.63. The maximum atomic E-state index is 11.7. The summed E-state index contributed by atoms with van der Waals surface area (Å²) in [6.45, 7) is 1.94. The molecule has 0 amide bonds. The number of anilines is 1. The summed E-state index contributed by atoms with van der Waals surface area (Å²) >= 11 is 12.1. The number of hydrogen-bond acceptors (Lipinski definition) is 5. The molecule has 0 fully saturated rings. The molecule has 2 heterocycles. The predicted molar refractivity (Wildman–Crippen MR) is 98.6 cm³/mol. The summed E-state index contributed by atoms with van der Waals surface area (Å²) in [6, 6.07) is 12.7. The molecule has 7 heteroatoms. The lowest BCUT2D eigenvalue weighted by atomic mass is 9.98. The van der Waals surface area contributed by atoms with Gasteiger partial charge in [-0.2, -0.15) is 5.11 Å². The van der Waals surface area contributed by atoms with Crippen LogP contribution in [0.5, 0.6) is 0 Å². The summed E-state index contributed by atoms with van der Waals surface area (Å²) in [5.74, 6) is 0.640. The van der Waals surface area contributed by atoms with Gasteiger partial charge in [-0.25, -0.2) is 0 Å². The minimum atomic E-state index is -0.525. The molecule has 25 heavy (non-hydrogen) atoms. The molecule has 0 bridgehead atoms. The van der Waals surface area contributed by atoms with E-state index in [2.05, 4.69) is 15.2 Å². The third-order valence-corrected chi connectivity index (χ3v) is 4.67. The van der Waals surface area contributed by atoms with Gasteiger partial charge in [0.05, 0.1) is 17.6 Å². The summed E-state index contributed by atoms with van der Waals surface area (Å²) in [6.07, 6.45) is 1.50. The van der Waals surface area contributed by atoms with Gasteiger partial charge in [-0.3, -0.25) is 14.7 Å². The number of carbonyl (C=O) groups is 1. The van der Waals surface area contributed by atoms with Crippen molar-refractivity contribution in [1.29, 1.82) is 0 Å². The Balaban J connectivity index is 1.99. The topological polar surface area (TPSA) is 57.4 Å². The fourth-order valence-electron chi connectivity index (χ4n) is 2.96. The average Bonchev–Trinajstić information content (AvgIpc) is 2.88. The molecule has 2 aromatic carbocycles. The van der Waals surface area contributed by atoms with Crippen LogP contribution in [0.3, 0.4) is 0 Å². The Morgan fingerprint density at radius 3 is 2.72 bits per heavy atom. The predicted octanol–water partition coefficient (Wildman–Crippen LogP) is 4.99. The van der Waals surface area contributed by atoms with E-state index in [9.17, 15) is 4.79 Å². The molecular weight excluding hydrogens is 359 g/mol. The first-order chi connectivity index (χ1) is 12.1. The van der Waals surface area contributed by atoms with E-state index in [1.165, 1.54) is 0 Å². The second kappa shape index (κ2) is 6.10. The van der Waals surface area contributed by atoms with Crippen LogP contribution in [0.15, 0.2) is 69.7 Å². The maximum absolute atomic E-state index is 11.7. The van der Waals surface area contributed by atoms with Crippen molar-refractivity contribution in [2.24, 2.45) is 15.2 Å². The minimum absolute atomic E-state index is 0.164. The van der Waals surface area contributed by atoms with Crippen molar-refractivity contribution in [3.05, 3.63) is 76.2 Å². The average molecular weight is 371 g/mol. The Morgan fingerprint density at radius 1 is 1.16 bits per heavy atom. The van der Waals surface area contributed by atoms with Crippen LogP contribution in [-0.2, 0) is 0 Å². The number of hydrogen-bond donors (Lipinski definition) is 0. The van der Waals surface area contributed by atoms with E-state index >= 15 is 0 Å². The van der Waals surface area contributed by atoms with Gasteiger partial charge in [-0.15, -0.1) is 5.11 Å². The van der Waals surface area contributed by atoms with Crippen molar-refractivity contribution in [2.45, 2.75) is 13.1 Å². The Kier molecular flexibility index (Phi) is 3.90. The minimum Gasteiger partial charge on any atom is -0.299 e. The molecule has 1 unspecified atom stereocenters. The molecule has 1 atom stereocenters. The molecular formula is C18H12Cl2N4O. The summed E-state index contributed by atoms with van der Waals surface area (Å²) in [7, 11) is 0. The van der Waals surface area contributed by atoms with E-state index in [-0.39, 0.29) is 6.17 Å². The van der Waals surface area contributed by atoms with E-state index in [4.69, 9.17) is 23.2 Å². The monoisotopic (exact) mass is 370 g/mol. The molecule has 0 aromatic heterocycles. The highest BCUT2D eigenvalue weighted by molar-refractivity contribution is 6.67. The summed E-state index contributed by atoms with van der Waals surface area (Å²) in [5, 5.41) is 8.42. The molecule has 5 nitrogen and oxygen atoms in total. The van der Waals surface area contributed by atoms with Crippen molar-refractivity contribution in [2.75, 3.05) is 4.90 Å². The summed E-state index contributed by atoms with van der Waals surface area (Å²) in [5.41, 5.74) is 3.42. The molecule has 2 aromatic rings. The van der Waals surface area contributed by atoms with Crippen LogP contribution in [0, 0.1) is 0 Å². The molecule has 0 saturated heterocycles. The molecule has 4 rings (SSSR count). The lowest BCUT2D eigenvalue weighted by Gasteiger charge is -2.23. The zero-order valence-corrected chi connectivity index (χ0v) is 14.7. The van der Waals surface area contributed by atoms with Gasteiger partial charge in [-0.05, 0) is 42.8 Å². The van der Waals surface area contributed by atoms with Crippen LogP contribution >= 0.6 is 23.2 Å². The second-order valence-corrected chi connectivity index (χ2v) is 6.42. The van der Waals surface area contributed by atoms with Crippen LogP contribution in [0.2, 0.25) is 5.02 Å². The van der Waals surface area contributed by atoms with E-state index in [0.717, 1.165) is 16.8 Å². The number of rotatable bonds is 2. The highest BCUT2D eigenvalue weighted by Crippen LogP contribution is 2.36. The van der Waals surface area contributed by atoms with Crippen molar-refractivity contribution >= 4 is 39.8 Å². The molecule has 0 aliphatic carbocycles. The fourth-order valence-corrected chi connectivity index (χ4v) is 3.31. The van der Waals surface area contributed by atoms with Crippen molar-refractivity contribution in [1.82, 2.24) is 0 Å². The van der Waals surface area contributed by atoms with E-state index in [0.29, 0.717) is 22.1 Å². The first-order valence-corrected chi connectivity index (χ1v) is 8.39. The fraction of sp³-hybridized carbons (Fsp3) is 0.111. The standard InChI is InChI=1S/C18H12Cl2N4O/c1-10-22-23-16-9-21-17(12-4-2-3-5-14(12)19)13-8-11(18(20)25)6-7-15(13)24(10)16/h2-10H,1H3. The van der Waals surface area contributed by atoms with Crippen molar-refractivity contribution < 1.29 is 4.79 Å². The molecule has 2 aliphatic rings. The number of carbonyl (C=O) groups excluding carboxylic acids is 1.